The van der Waals surface area contributed by atoms with Crippen molar-refractivity contribution < 1.29 is 10.2 Å². The lowest BCUT2D eigenvalue weighted by Crippen LogP contribution is -2.42. The van der Waals surface area contributed by atoms with E-state index in [2.05, 4.69) is 27.9 Å². The minimum Gasteiger partial charge on any atom is -0.397 e. The van der Waals surface area contributed by atoms with E-state index < -0.39 is 5.54 Å². The number of hydrogen-bond acceptors (Lipinski definition) is 4. The Morgan fingerprint density at radius 3 is 2.47 bits per heavy atom. The second-order valence-corrected chi connectivity index (χ2v) is 4.98. The lowest BCUT2D eigenvalue weighted by atomic mass is 10.0. The predicted molar refractivity (Wildman–Crippen MR) is 69.8 cm³/mol. The molecule has 0 unspecified atom stereocenters. The second kappa shape index (κ2) is 5.00. The second-order valence-electron chi connectivity index (χ2n) is 3.73. The summed E-state index contributed by atoms with van der Waals surface area (Å²) in [6.07, 6.45) is 0. The van der Waals surface area contributed by atoms with Crippen LogP contribution in [0.4, 0.5) is 11.4 Å². The molecule has 0 aliphatic heterocycles. The first-order chi connectivity index (χ1) is 7.00. The van der Waals surface area contributed by atoms with E-state index in [9.17, 15) is 0 Å². The highest BCUT2D eigenvalue weighted by atomic mass is 127. The fourth-order valence-corrected chi connectivity index (χ4v) is 1.62. The Morgan fingerprint density at radius 1 is 1.40 bits per heavy atom. The summed E-state index contributed by atoms with van der Waals surface area (Å²) in [5, 5.41) is 21.3. The molecule has 0 bridgehead atoms. The molecule has 0 saturated carbocycles. The maximum absolute atomic E-state index is 9.13. The first-order valence-electron chi connectivity index (χ1n) is 4.56. The van der Waals surface area contributed by atoms with Gasteiger partial charge in [0.2, 0.25) is 0 Å². The highest BCUT2D eigenvalue weighted by Gasteiger charge is 2.22. The zero-order valence-electron chi connectivity index (χ0n) is 8.50. The number of nitrogens with one attached hydrogen (secondary N) is 1. The molecule has 0 amide bonds. The van der Waals surface area contributed by atoms with Crippen molar-refractivity contribution in [3.8, 4) is 0 Å². The summed E-state index contributed by atoms with van der Waals surface area (Å²) in [6, 6.07) is 5.58. The van der Waals surface area contributed by atoms with E-state index in [1.165, 1.54) is 0 Å². The van der Waals surface area contributed by atoms with E-state index in [0.29, 0.717) is 5.69 Å². The summed E-state index contributed by atoms with van der Waals surface area (Å²) in [5.74, 6) is 0. The van der Waals surface area contributed by atoms with Crippen molar-refractivity contribution in [1.82, 2.24) is 0 Å². The molecule has 0 radical (unpaired) electrons. The molecule has 0 atom stereocenters. The molecule has 1 aromatic carbocycles. The number of aliphatic hydroxyl groups is 2. The van der Waals surface area contributed by atoms with E-state index in [-0.39, 0.29) is 13.2 Å². The lowest BCUT2D eigenvalue weighted by molar-refractivity contribution is 0.147. The third-order valence-electron chi connectivity index (χ3n) is 2.15. The van der Waals surface area contributed by atoms with Crippen LogP contribution in [0.1, 0.15) is 6.92 Å². The Hall–Kier alpha value is -0.530. The number of aliphatic hydroxyl groups excluding tert-OH is 2. The normalized spacial score (nSPS) is 11.5. The lowest BCUT2D eigenvalue weighted by Gasteiger charge is -2.28. The van der Waals surface area contributed by atoms with Crippen LogP contribution in [0.3, 0.4) is 0 Å². The summed E-state index contributed by atoms with van der Waals surface area (Å²) in [5.41, 5.74) is 6.39. The molecule has 0 aliphatic carbocycles. The number of nitrogens with two attached hydrogens (primary N) is 1. The zero-order valence-corrected chi connectivity index (χ0v) is 10.7. The Bertz CT molecular complexity index is 340. The minimum atomic E-state index is -0.749. The average Bonchev–Trinajstić information content (AvgIpc) is 2.22. The molecular weight excluding hydrogens is 307 g/mol. The molecular formula is C10H15IN2O2. The first-order valence-corrected chi connectivity index (χ1v) is 5.63. The van der Waals surface area contributed by atoms with Crippen molar-refractivity contribution in [2.75, 3.05) is 24.3 Å². The van der Waals surface area contributed by atoms with Crippen LogP contribution in [0.5, 0.6) is 0 Å². The van der Waals surface area contributed by atoms with Crippen molar-refractivity contribution in [1.29, 1.82) is 0 Å². The molecule has 84 valence electrons. The number of nitrogen functional groups attached to an aromatic ring is 1. The Balaban J connectivity index is 2.89. The summed E-state index contributed by atoms with van der Waals surface area (Å²) >= 11 is 2.17. The smallest absolute Gasteiger partial charge is 0.0807 e. The van der Waals surface area contributed by atoms with Crippen LogP contribution in [0.25, 0.3) is 0 Å². The SMILES string of the molecule is CC(CO)(CO)Nc1ccc(I)cc1N. The van der Waals surface area contributed by atoms with Crippen LogP contribution in [-0.2, 0) is 0 Å². The van der Waals surface area contributed by atoms with Gasteiger partial charge in [-0.15, -0.1) is 0 Å². The van der Waals surface area contributed by atoms with Crippen LogP contribution in [0.15, 0.2) is 18.2 Å². The van der Waals surface area contributed by atoms with Gasteiger partial charge in [0.25, 0.3) is 0 Å². The van der Waals surface area contributed by atoms with Gasteiger partial charge in [0.1, 0.15) is 0 Å². The van der Waals surface area contributed by atoms with Gasteiger partial charge in [-0.25, -0.2) is 0 Å². The number of benzene rings is 1. The van der Waals surface area contributed by atoms with Gasteiger partial charge in [0, 0.05) is 3.57 Å². The molecule has 1 aromatic rings. The summed E-state index contributed by atoms with van der Waals surface area (Å²) < 4.78 is 1.05. The van der Waals surface area contributed by atoms with Crippen LogP contribution in [0, 0.1) is 3.57 Å². The van der Waals surface area contributed by atoms with Crippen molar-refractivity contribution in [3.05, 3.63) is 21.8 Å². The average molecular weight is 322 g/mol. The van der Waals surface area contributed by atoms with Gasteiger partial charge in [0.15, 0.2) is 0 Å². The van der Waals surface area contributed by atoms with Crippen LogP contribution < -0.4 is 11.1 Å². The van der Waals surface area contributed by atoms with Gasteiger partial charge in [-0.2, -0.15) is 0 Å². The molecule has 4 nitrogen and oxygen atoms in total. The van der Waals surface area contributed by atoms with Crippen molar-refractivity contribution in [3.63, 3.8) is 0 Å². The first kappa shape index (κ1) is 12.5. The number of hydrogen-bond donors (Lipinski definition) is 4. The fraction of sp³-hybridized carbons (Fsp3) is 0.400. The van der Waals surface area contributed by atoms with Crippen molar-refractivity contribution in [2.24, 2.45) is 0 Å². The van der Waals surface area contributed by atoms with E-state index >= 15 is 0 Å². The third kappa shape index (κ3) is 3.22. The Kier molecular flexibility index (Phi) is 4.18. The number of halogens is 1. The van der Waals surface area contributed by atoms with Gasteiger partial charge < -0.3 is 21.3 Å². The topological polar surface area (TPSA) is 78.5 Å². The van der Waals surface area contributed by atoms with Gasteiger partial charge in [-0.3, -0.25) is 0 Å². The number of rotatable bonds is 4. The van der Waals surface area contributed by atoms with Gasteiger partial charge >= 0.3 is 0 Å². The van der Waals surface area contributed by atoms with E-state index in [4.69, 9.17) is 15.9 Å². The highest BCUT2D eigenvalue weighted by molar-refractivity contribution is 14.1. The van der Waals surface area contributed by atoms with Gasteiger partial charge in [-0.1, -0.05) is 0 Å². The van der Waals surface area contributed by atoms with E-state index in [0.717, 1.165) is 9.26 Å². The van der Waals surface area contributed by atoms with Gasteiger partial charge in [0.05, 0.1) is 30.1 Å². The molecule has 15 heavy (non-hydrogen) atoms. The molecule has 1 rings (SSSR count). The van der Waals surface area contributed by atoms with Gasteiger partial charge in [-0.05, 0) is 47.7 Å². The summed E-state index contributed by atoms with van der Waals surface area (Å²) in [6.45, 7) is 1.41. The van der Waals surface area contributed by atoms with Crippen LogP contribution >= 0.6 is 22.6 Å². The predicted octanol–water partition coefficient (Wildman–Crippen LogP) is 1.03. The van der Waals surface area contributed by atoms with Crippen LogP contribution in [-0.4, -0.2) is 29.0 Å². The maximum atomic E-state index is 9.13. The Labute approximate surface area is 103 Å². The molecule has 0 heterocycles. The molecule has 0 spiro atoms. The van der Waals surface area contributed by atoms with E-state index in [1.807, 2.05) is 18.2 Å². The third-order valence-corrected chi connectivity index (χ3v) is 2.82. The largest absolute Gasteiger partial charge is 0.397 e. The summed E-state index contributed by atoms with van der Waals surface area (Å²) in [7, 11) is 0. The number of anilines is 2. The maximum Gasteiger partial charge on any atom is 0.0807 e. The molecule has 0 aliphatic rings. The van der Waals surface area contributed by atoms with Crippen molar-refractivity contribution in [2.45, 2.75) is 12.5 Å². The molecule has 0 saturated heterocycles. The Morgan fingerprint density at radius 2 is 2.00 bits per heavy atom. The fourth-order valence-electron chi connectivity index (χ4n) is 1.10. The van der Waals surface area contributed by atoms with Crippen molar-refractivity contribution >= 4 is 34.0 Å². The standard InChI is InChI=1S/C10H15IN2O2/c1-10(5-14,6-15)13-9-3-2-7(11)4-8(9)12/h2-4,13-15H,5-6,12H2,1H3. The van der Waals surface area contributed by atoms with E-state index in [1.54, 1.807) is 6.92 Å². The minimum absolute atomic E-state index is 0.158. The zero-order chi connectivity index (χ0) is 11.5. The molecule has 0 aromatic heterocycles. The summed E-state index contributed by atoms with van der Waals surface area (Å²) in [4.78, 5) is 0. The monoisotopic (exact) mass is 322 g/mol. The van der Waals surface area contributed by atoms with Crippen LogP contribution in [0.2, 0.25) is 0 Å². The molecule has 5 heteroatoms. The highest BCUT2D eigenvalue weighted by Crippen LogP contribution is 2.24. The molecule has 0 fully saturated rings. The quantitative estimate of drug-likeness (QED) is 0.493. The molecule has 5 N–H and O–H groups in total.